The molecule has 1 aliphatic carbocycles. The molecule has 0 aliphatic heterocycles. The maximum Gasteiger partial charge on any atom is 0.408 e. The molecular weight excluding hydrogens is 485 g/mol. The Morgan fingerprint density at radius 1 is 1.24 bits per heavy atom. The maximum atomic E-state index is 13.3. The van der Waals surface area contributed by atoms with Crippen LogP contribution in [0, 0.1) is 11.3 Å². The number of hydrogen-bond acceptors (Lipinski definition) is 6. The molecule has 12 heteroatoms. The van der Waals surface area contributed by atoms with Gasteiger partial charge in [0.2, 0.25) is 5.91 Å². The number of thioether (sulfide) groups is 1. The number of nitriles is 1. The highest BCUT2D eigenvalue weighted by atomic mass is 32.2. The number of ether oxygens (including phenoxy) is 1. The van der Waals surface area contributed by atoms with E-state index >= 15 is 0 Å². The van der Waals surface area contributed by atoms with Crippen LogP contribution in [0.5, 0.6) is 5.75 Å². The van der Waals surface area contributed by atoms with Gasteiger partial charge in [-0.1, -0.05) is 18.2 Å². The summed E-state index contributed by atoms with van der Waals surface area (Å²) in [5.41, 5.74) is -0.783. The number of alkyl halides is 5. The SMILES string of the molecule is N#CC1(N(C(=O)CCSCc2ccccc2OC(F)F)N(CC(F)(F)F)c2cccs2)CC1. The molecule has 178 valence electrons. The first kappa shape index (κ1) is 25.1. The van der Waals surface area contributed by atoms with E-state index in [1.165, 1.54) is 23.9 Å². The number of carbonyl (C=O) groups excluding carboxylic acids is 1. The maximum absolute atomic E-state index is 13.3. The van der Waals surface area contributed by atoms with E-state index in [1.807, 2.05) is 6.07 Å². The molecule has 0 unspecified atom stereocenters. The Labute approximate surface area is 195 Å². The minimum absolute atomic E-state index is 0.0309. The van der Waals surface area contributed by atoms with E-state index in [-0.39, 0.29) is 28.7 Å². The zero-order valence-corrected chi connectivity index (χ0v) is 18.9. The molecule has 0 atom stereocenters. The lowest BCUT2D eigenvalue weighted by atomic mass is 10.2. The fraction of sp³-hybridized carbons (Fsp3) is 0.429. The number of nitrogens with zero attached hydrogens (tertiary/aromatic N) is 3. The molecule has 3 rings (SSSR count). The Hall–Kier alpha value is -2.52. The van der Waals surface area contributed by atoms with Crippen LogP contribution < -0.4 is 9.75 Å². The Morgan fingerprint density at radius 3 is 2.55 bits per heavy atom. The monoisotopic (exact) mass is 505 g/mol. The van der Waals surface area contributed by atoms with E-state index in [0.29, 0.717) is 18.4 Å². The third kappa shape index (κ3) is 6.74. The van der Waals surface area contributed by atoms with Crippen LogP contribution in [0.3, 0.4) is 0 Å². The molecule has 1 amide bonds. The number of halogens is 5. The van der Waals surface area contributed by atoms with Gasteiger partial charge in [-0.05, 0) is 36.4 Å². The Balaban J connectivity index is 1.69. The lowest BCUT2D eigenvalue weighted by Gasteiger charge is -2.39. The van der Waals surface area contributed by atoms with E-state index in [0.717, 1.165) is 21.4 Å². The zero-order valence-electron chi connectivity index (χ0n) is 17.2. The van der Waals surface area contributed by atoms with Crippen molar-refractivity contribution < 1.29 is 31.5 Å². The summed E-state index contributed by atoms with van der Waals surface area (Å²) in [4.78, 5) is 13.1. The van der Waals surface area contributed by atoms with Gasteiger partial charge in [0.05, 0.1) is 6.07 Å². The summed E-state index contributed by atoms with van der Waals surface area (Å²) >= 11 is 2.31. The van der Waals surface area contributed by atoms with Crippen molar-refractivity contribution in [2.75, 3.05) is 17.3 Å². The van der Waals surface area contributed by atoms with Gasteiger partial charge < -0.3 is 4.74 Å². The molecule has 5 nitrogen and oxygen atoms in total. The summed E-state index contributed by atoms with van der Waals surface area (Å²) in [6.07, 6.45) is -4.12. The number of hydrogen-bond donors (Lipinski definition) is 0. The van der Waals surface area contributed by atoms with Gasteiger partial charge in [-0.25, -0.2) is 5.01 Å². The van der Waals surface area contributed by atoms with Crippen LogP contribution in [0.4, 0.5) is 27.0 Å². The first-order valence-corrected chi connectivity index (χ1v) is 11.9. The summed E-state index contributed by atoms with van der Waals surface area (Å²) in [6, 6.07) is 11.3. The van der Waals surface area contributed by atoms with Gasteiger partial charge in [0.25, 0.3) is 0 Å². The fourth-order valence-electron chi connectivity index (χ4n) is 3.21. The highest BCUT2D eigenvalue weighted by molar-refractivity contribution is 7.98. The number of anilines is 1. The van der Waals surface area contributed by atoms with Crippen molar-refractivity contribution in [3.63, 3.8) is 0 Å². The number of thiophene rings is 1. The predicted octanol–water partition coefficient (Wildman–Crippen LogP) is 5.84. The minimum Gasteiger partial charge on any atom is -0.435 e. The molecule has 2 aromatic rings. The highest BCUT2D eigenvalue weighted by Gasteiger charge is 2.55. The van der Waals surface area contributed by atoms with E-state index in [4.69, 9.17) is 0 Å². The molecule has 0 saturated heterocycles. The lowest BCUT2D eigenvalue weighted by molar-refractivity contribution is -0.142. The second-order valence-corrected chi connectivity index (χ2v) is 9.29. The number of rotatable bonds is 11. The summed E-state index contributed by atoms with van der Waals surface area (Å²) < 4.78 is 69.6. The third-order valence-electron chi connectivity index (χ3n) is 4.81. The molecule has 1 aliphatic rings. The second kappa shape index (κ2) is 10.6. The van der Waals surface area contributed by atoms with E-state index in [9.17, 15) is 32.0 Å². The molecule has 1 aromatic heterocycles. The van der Waals surface area contributed by atoms with Crippen molar-refractivity contribution in [1.82, 2.24) is 5.01 Å². The van der Waals surface area contributed by atoms with Gasteiger partial charge in [0.15, 0.2) is 5.54 Å². The van der Waals surface area contributed by atoms with Gasteiger partial charge in [0.1, 0.15) is 17.3 Å². The minimum atomic E-state index is -4.59. The van der Waals surface area contributed by atoms with Crippen LogP contribution in [-0.4, -0.2) is 41.5 Å². The molecule has 1 fully saturated rings. The van der Waals surface area contributed by atoms with Crippen molar-refractivity contribution in [2.45, 2.75) is 43.3 Å². The number of carbonyl (C=O) groups is 1. The number of amides is 1. The van der Waals surface area contributed by atoms with Crippen LogP contribution in [0.25, 0.3) is 0 Å². The molecule has 1 aromatic carbocycles. The molecule has 1 heterocycles. The lowest BCUT2D eigenvalue weighted by Crippen LogP contribution is -2.56. The molecular formula is C21H20F5N3O2S2. The highest BCUT2D eigenvalue weighted by Crippen LogP contribution is 2.45. The van der Waals surface area contributed by atoms with E-state index in [2.05, 4.69) is 4.74 Å². The van der Waals surface area contributed by atoms with Gasteiger partial charge in [-0.15, -0.1) is 11.3 Å². The summed E-state index contributed by atoms with van der Waals surface area (Å²) in [5.74, 6) is -0.0688. The van der Waals surface area contributed by atoms with Gasteiger partial charge in [-0.2, -0.15) is 39.0 Å². The quantitative estimate of drug-likeness (QED) is 0.218. The summed E-state index contributed by atoms with van der Waals surface area (Å²) in [6.45, 7) is -4.36. The third-order valence-corrected chi connectivity index (χ3v) is 6.70. The Kier molecular flexibility index (Phi) is 8.07. The molecule has 33 heavy (non-hydrogen) atoms. The fourth-order valence-corrected chi connectivity index (χ4v) is 4.85. The van der Waals surface area contributed by atoms with Crippen LogP contribution in [0.1, 0.15) is 24.8 Å². The van der Waals surface area contributed by atoms with E-state index < -0.39 is 30.8 Å². The van der Waals surface area contributed by atoms with Crippen molar-refractivity contribution in [1.29, 1.82) is 5.26 Å². The van der Waals surface area contributed by atoms with Crippen molar-refractivity contribution in [3.05, 3.63) is 47.3 Å². The topological polar surface area (TPSA) is 56.6 Å². The summed E-state index contributed by atoms with van der Waals surface area (Å²) in [7, 11) is 0. The molecule has 0 N–H and O–H groups in total. The van der Waals surface area contributed by atoms with Crippen LogP contribution in [-0.2, 0) is 10.5 Å². The van der Waals surface area contributed by atoms with Crippen LogP contribution in [0.15, 0.2) is 41.8 Å². The number of para-hydroxylation sites is 1. The summed E-state index contributed by atoms with van der Waals surface area (Å²) in [5, 5.41) is 13.2. The molecule has 0 spiro atoms. The second-order valence-electron chi connectivity index (χ2n) is 7.26. The van der Waals surface area contributed by atoms with E-state index in [1.54, 1.807) is 29.6 Å². The largest absolute Gasteiger partial charge is 0.435 e. The zero-order chi connectivity index (χ0) is 24.1. The average Bonchev–Trinajstić information content (AvgIpc) is 3.32. The smallest absolute Gasteiger partial charge is 0.408 e. The first-order valence-electron chi connectivity index (χ1n) is 9.88. The predicted molar refractivity (Wildman–Crippen MR) is 116 cm³/mol. The van der Waals surface area contributed by atoms with Gasteiger partial charge in [0, 0.05) is 23.5 Å². The number of benzene rings is 1. The van der Waals surface area contributed by atoms with Crippen molar-refractivity contribution in [2.24, 2.45) is 0 Å². The Morgan fingerprint density at radius 2 is 1.97 bits per heavy atom. The number of hydrazine groups is 1. The molecule has 0 bridgehead atoms. The Bertz CT molecular complexity index is 975. The first-order chi connectivity index (χ1) is 15.6. The van der Waals surface area contributed by atoms with Gasteiger partial charge >= 0.3 is 12.8 Å². The van der Waals surface area contributed by atoms with Gasteiger partial charge in [-0.3, -0.25) is 9.80 Å². The van der Waals surface area contributed by atoms with Crippen molar-refractivity contribution in [3.8, 4) is 11.8 Å². The average molecular weight is 506 g/mol. The standard InChI is InChI=1S/C21H20F5N3O2S2/c22-19(23)31-16-5-2-1-4-15(16)12-32-11-7-17(30)29(20(13-27)8-9-20)28(14-21(24,25)26)18-6-3-10-33-18/h1-6,10,19H,7-9,11-12,14H2. The van der Waals surface area contributed by atoms with Crippen molar-refractivity contribution >= 4 is 34.0 Å². The normalized spacial score (nSPS) is 14.6. The molecule has 1 saturated carbocycles. The van der Waals surface area contributed by atoms with Crippen LogP contribution in [0.2, 0.25) is 0 Å². The molecule has 0 radical (unpaired) electrons. The van der Waals surface area contributed by atoms with Crippen LogP contribution >= 0.6 is 23.1 Å².